The highest BCUT2D eigenvalue weighted by Crippen LogP contribution is 2.15. The van der Waals surface area contributed by atoms with Gasteiger partial charge in [0.1, 0.15) is 5.75 Å². The van der Waals surface area contributed by atoms with Crippen LogP contribution in [0.25, 0.3) is 0 Å². The van der Waals surface area contributed by atoms with E-state index < -0.39 is 0 Å². The molecule has 0 saturated carbocycles. The number of hydrogen-bond donors (Lipinski definition) is 1. The number of nitrogens with one attached hydrogen (secondary N) is 1. The molecule has 0 spiro atoms. The number of piperidine rings is 1. The second-order valence-electron chi connectivity index (χ2n) is 5.52. The molecule has 1 heterocycles. The molecule has 1 atom stereocenters. The third-order valence-electron chi connectivity index (χ3n) is 3.86. The highest BCUT2D eigenvalue weighted by Gasteiger charge is 2.13. The number of methoxy groups -OCH3 is 1. The van der Waals surface area contributed by atoms with Gasteiger partial charge in [-0.3, -0.25) is 0 Å². The van der Waals surface area contributed by atoms with Crippen molar-refractivity contribution in [3.05, 3.63) is 29.8 Å². The third kappa shape index (κ3) is 4.84. The Bertz CT molecular complexity index is 375. The van der Waals surface area contributed by atoms with E-state index in [0.29, 0.717) is 0 Å². The van der Waals surface area contributed by atoms with Crippen LogP contribution in [0, 0.1) is 0 Å². The van der Waals surface area contributed by atoms with E-state index in [1.807, 2.05) is 6.07 Å². The van der Waals surface area contributed by atoms with Gasteiger partial charge in [0.25, 0.3) is 0 Å². The first-order valence-electron chi connectivity index (χ1n) is 7.33. The maximum Gasteiger partial charge on any atom is 0.119 e. The van der Waals surface area contributed by atoms with Crippen LogP contribution in [0.15, 0.2) is 24.3 Å². The first-order chi connectivity index (χ1) is 9.28. The minimum atomic E-state index is 0.724. The molecular formula is C16H26N2O. The second kappa shape index (κ2) is 7.51. The summed E-state index contributed by atoms with van der Waals surface area (Å²) >= 11 is 0. The van der Waals surface area contributed by atoms with Gasteiger partial charge in [0.05, 0.1) is 7.11 Å². The van der Waals surface area contributed by atoms with Crippen molar-refractivity contribution in [2.24, 2.45) is 0 Å². The summed E-state index contributed by atoms with van der Waals surface area (Å²) in [6.45, 7) is 3.34. The molecule has 0 radical (unpaired) electrons. The highest BCUT2D eigenvalue weighted by atomic mass is 16.5. The molecule has 0 bridgehead atoms. The van der Waals surface area contributed by atoms with Gasteiger partial charge in [0, 0.05) is 12.6 Å². The molecule has 1 aliphatic heterocycles. The van der Waals surface area contributed by atoms with Gasteiger partial charge in [0.15, 0.2) is 0 Å². The molecule has 106 valence electrons. The Hall–Kier alpha value is -1.06. The van der Waals surface area contributed by atoms with Crippen LogP contribution in [0.5, 0.6) is 5.75 Å². The molecule has 1 fully saturated rings. The van der Waals surface area contributed by atoms with Crippen molar-refractivity contribution >= 4 is 0 Å². The average molecular weight is 262 g/mol. The van der Waals surface area contributed by atoms with E-state index in [2.05, 4.69) is 35.5 Å². The zero-order valence-corrected chi connectivity index (χ0v) is 12.2. The molecule has 1 aromatic rings. The average Bonchev–Trinajstić information content (AvgIpc) is 2.46. The van der Waals surface area contributed by atoms with E-state index in [1.54, 1.807) is 7.11 Å². The van der Waals surface area contributed by atoms with Gasteiger partial charge >= 0.3 is 0 Å². The summed E-state index contributed by atoms with van der Waals surface area (Å²) < 4.78 is 5.26. The van der Waals surface area contributed by atoms with E-state index in [1.165, 1.54) is 37.8 Å². The Labute approximate surface area is 116 Å². The predicted octanol–water partition coefficient (Wildman–Crippen LogP) is 2.66. The Balaban J connectivity index is 1.75. The van der Waals surface area contributed by atoms with Crippen molar-refractivity contribution in [2.75, 3.05) is 27.2 Å². The van der Waals surface area contributed by atoms with E-state index >= 15 is 0 Å². The minimum Gasteiger partial charge on any atom is -0.497 e. The number of nitrogens with zero attached hydrogens (tertiary/aromatic N) is 1. The van der Waals surface area contributed by atoms with Crippen LogP contribution in [-0.2, 0) is 6.54 Å². The van der Waals surface area contributed by atoms with Gasteiger partial charge in [-0.2, -0.15) is 0 Å². The van der Waals surface area contributed by atoms with E-state index in [-0.39, 0.29) is 0 Å². The molecule has 3 nitrogen and oxygen atoms in total. The summed E-state index contributed by atoms with van der Waals surface area (Å²) in [4.78, 5) is 2.39. The van der Waals surface area contributed by atoms with Crippen molar-refractivity contribution < 1.29 is 4.74 Å². The monoisotopic (exact) mass is 262 g/mol. The molecule has 0 aromatic heterocycles. The number of benzene rings is 1. The van der Waals surface area contributed by atoms with E-state index in [9.17, 15) is 0 Å². The lowest BCUT2D eigenvalue weighted by Crippen LogP contribution is -2.36. The fourth-order valence-electron chi connectivity index (χ4n) is 2.71. The SMILES string of the molecule is COc1cccc(CN(C)CCC2CCCCN2)c1. The lowest BCUT2D eigenvalue weighted by atomic mass is 10.0. The Morgan fingerprint density at radius 2 is 2.26 bits per heavy atom. The Kier molecular flexibility index (Phi) is 5.67. The van der Waals surface area contributed by atoms with Gasteiger partial charge in [-0.25, -0.2) is 0 Å². The summed E-state index contributed by atoms with van der Waals surface area (Å²) in [6.07, 6.45) is 5.32. The molecule has 2 rings (SSSR count). The van der Waals surface area contributed by atoms with Crippen LogP contribution >= 0.6 is 0 Å². The highest BCUT2D eigenvalue weighted by molar-refractivity contribution is 5.28. The molecule has 19 heavy (non-hydrogen) atoms. The van der Waals surface area contributed by atoms with Crippen molar-refractivity contribution in [1.29, 1.82) is 0 Å². The molecule has 0 aliphatic carbocycles. The Morgan fingerprint density at radius 3 is 3.00 bits per heavy atom. The van der Waals surface area contributed by atoms with Crippen LogP contribution in [0.1, 0.15) is 31.2 Å². The van der Waals surface area contributed by atoms with Crippen molar-refractivity contribution in [2.45, 2.75) is 38.3 Å². The fraction of sp³-hybridized carbons (Fsp3) is 0.625. The van der Waals surface area contributed by atoms with E-state index in [4.69, 9.17) is 4.74 Å². The fourth-order valence-corrected chi connectivity index (χ4v) is 2.71. The lowest BCUT2D eigenvalue weighted by molar-refractivity contribution is 0.281. The molecule has 3 heteroatoms. The van der Waals surface area contributed by atoms with Gasteiger partial charge in [-0.05, 0) is 57.1 Å². The van der Waals surface area contributed by atoms with Crippen LogP contribution in [0.4, 0.5) is 0 Å². The summed E-state index contributed by atoms with van der Waals surface area (Å²) in [6, 6.07) is 9.06. The smallest absolute Gasteiger partial charge is 0.119 e. The normalized spacial score (nSPS) is 19.6. The molecule has 1 unspecified atom stereocenters. The summed E-state index contributed by atoms with van der Waals surface area (Å²) in [5.74, 6) is 0.944. The van der Waals surface area contributed by atoms with Crippen LogP contribution in [0.3, 0.4) is 0 Å². The summed E-state index contributed by atoms with van der Waals surface area (Å²) in [5.41, 5.74) is 1.32. The minimum absolute atomic E-state index is 0.724. The van der Waals surface area contributed by atoms with Crippen molar-refractivity contribution in [3.8, 4) is 5.75 Å². The molecule has 1 saturated heterocycles. The third-order valence-corrected chi connectivity index (χ3v) is 3.86. The second-order valence-corrected chi connectivity index (χ2v) is 5.52. The van der Waals surface area contributed by atoms with Crippen molar-refractivity contribution in [1.82, 2.24) is 10.2 Å². The van der Waals surface area contributed by atoms with Crippen LogP contribution in [-0.4, -0.2) is 38.2 Å². The standard InChI is InChI=1S/C16H26N2O/c1-18(11-9-15-7-3-4-10-17-15)13-14-6-5-8-16(12-14)19-2/h5-6,8,12,15,17H,3-4,7,9-11,13H2,1-2H3. The topological polar surface area (TPSA) is 24.5 Å². The number of hydrogen-bond acceptors (Lipinski definition) is 3. The lowest BCUT2D eigenvalue weighted by Gasteiger charge is -2.26. The predicted molar refractivity (Wildman–Crippen MR) is 79.6 cm³/mol. The van der Waals surface area contributed by atoms with E-state index in [0.717, 1.165) is 24.9 Å². The van der Waals surface area contributed by atoms with Crippen LogP contribution < -0.4 is 10.1 Å². The zero-order valence-electron chi connectivity index (χ0n) is 12.2. The maximum atomic E-state index is 5.26. The molecule has 1 aliphatic rings. The number of ether oxygens (including phenoxy) is 1. The first kappa shape index (κ1) is 14.4. The number of rotatable bonds is 6. The summed E-state index contributed by atoms with van der Waals surface area (Å²) in [5, 5.41) is 3.61. The van der Waals surface area contributed by atoms with Gasteiger partial charge in [0.2, 0.25) is 0 Å². The maximum absolute atomic E-state index is 5.26. The molecular weight excluding hydrogens is 236 g/mol. The first-order valence-corrected chi connectivity index (χ1v) is 7.33. The van der Waals surface area contributed by atoms with Crippen LogP contribution in [0.2, 0.25) is 0 Å². The molecule has 1 N–H and O–H groups in total. The zero-order chi connectivity index (χ0) is 13.5. The van der Waals surface area contributed by atoms with Gasteiger partial charge in [-0.1, -0.05) is 18.6 Å². The quantitative estimate of drug-likeness (QED) is 0.853. The largest absolute Gasteiger partial charge is 0.497 e. The molecule has 0 amide bonds. The Morgan fingerprint density at radius 1 is 1.37 bits per heavy atom. The van der Waals surface area contributed by atoms with Gasteiger partial charge in [-0.15, -0.1) is 0 Å². The summed E-state index contributed by atoms with van der Waals surface area (Å²) in [7, 11) is 3.92. The van der Waals surface area contributed by atoms with Crippen molar-refractivity contribution in [3.63, 3.8) is 0 Å². The molecule has 1 aromatic carbocycles. The van der Waals surface area contributed by atoms with Gasteiger partial charge < -0.3 is 15.0 Å².